The lowest BCUT2D eigenvalue weighted by Gasteiger charge is -2.12. The van der Waals surface area contributed by atoms with Gasteiger partial charge in [0.2, 0.25) is 12.7 Å². The minimum atomic E-state index is -0.508. The molecule has 26 heavy (non-hydrogen) atoms. The van der Waals surface area contributed by atoms with Crippen molar-refractivity contribution in [3.63, 3.8) is 0 Å². The van der Waals surface area contributed by atoms with Crippen molar-refractivity contribution in [2.45, 2.75) is 0 Å². The van der Waals surface area contributed by atoms with Gasteiger partial charge in [-0.15, -0.1) is 0 Å². The van der Waals surface area contributed by atoms with E-state index in [1.165, 1.54) is 7.11 Å². The molecule has 0 unspecified atom stereocenters. The van der Waals surface area contributed by atoms with Gasteiger partial charge in [0.1, 0.15) is 6.54 Å². The quantitative estimate of drug-likeness (QED) is 0.531. The summed E-state index contributed by atoms with van der Waals surface area (Å²) in [6.07, 6.45) is 1.58. The average molecular weight is 443 g/mol. The number of ether oxygens (including phenoxy) is 3. The van der Waals surface area contributed by atoms with E-state index in [2.05, 4.69) is 21.2 Å². The molecule has 2 aliphatic heterocycles. The van der Waals surface area contributed by atoms with Crippen LogP contribution in [0.4, 0.5) is 4.79 Å². The van der Waals surface area contributed by atoms with Crippen molar-refractivity contribution in [3.05, 3.63) is 27.1 Å². The summed E-state index contributed by atoms with van der Waals surface area (Å²) in [6.45, 7) is 0.477. The van der Waals surface area contributed by atoms with Crippen molar-refractivity contribution < 1.29 is 28.6 Å². The van der Waals surface area contributed by atoms with Gasteiger partial charge in [-0.25, -0.2) is 0 Å². The number of fused-ring (bicyclic) bond motifs is 1. The summed E-state index contributed by atoms with van der Waals surface area (Å²) in [6, 6.07) is 3.46. The van der Waals surface area contributed by atoms with E-state index >= 15 is 0 Å². The van der Waals surface area contributed by atoms with Crippen LogP contribution in [0.5, 0.6) is 11.5 Å². The first-order valence-electron chi connectivity index (χ1n) is 7.59. The molecular formula is C16H15BrN2O6S. The number of hydrogen-bond donors (Lipinski definition) is 1. The number of benzene rings is 1. The Hall–Kier alpha value is -2.04. The lowest BCUT2D eigenvalue weighted by Crippen LogP contribution is -2.40. The van der Waals surface area contributed by atoms with E-state index in [0.29, 0.717) is 34.7 Å². The molecule has 2 aliphatic rings. The van der Waals surface area contributed by atoms with Gasteiger partial charge in [-0.05, 0) is 35.5 Å². The summed E-state index contributed by atoms with van der Waals surface area (Å²) in [5.74, 6) is 0.243. The SMILES string of the molecule is COCCNC(=O)CN1C(=O)S/C(=C\c2cc3c(cc2Br)OCO3)C1=O. The lowest BCUT2D eigenvalue weighted by atomic mass is 10.2. The minimum absolute atomic E-state index is 0.139. The highest BCUT2D eigenvalue weighted by molar-refractivity contribution is 9.10. The Morgan fingerprint density at radius 2 is 2.12 bits per heavy atom. The zero-order valence-corrected chi connectivity index (χ0v) is 16.1. The predicted molar refractivity (Wildman–Crippen MR) is 97.8 cm³/mol. The molecule has 0 radical (unpaired) electrons. The van der Waals surface area contributed by atoms with Crippen molar-refractivity contribution >= 4 is 50.8 Å². The molecule has 0 spiro atoms. The summed E-state index contributed by atoms with van der Waals surface area (Å²) >= 11 is 4.20. The fourth-order valence-corrected chi connectivity index (χ4v) is 3.58. The third-order valence-corrected chi connectivity index (χ3v) is 5.18. The standard InChI is InChI=1S/C16H15BrN2O6S/c1-23-3-2-18-14(20)7-19-15(21)13(26-16(19)22)5-9-4-11-12(6-10(9)17)25-8-24-11/h4-6H,2-3,7-8H2,1H3,(H,18,20)/b13-5-. The molecule has 138 valence electrons. The predicted octanol–water partition coefficient (Wildman–Crippen LogP) is 1.98. The number of nitrogens with one attached hydrogen (secondary N) is 1. The third-order valence-electron chi connectivity index (χ3n) is 3.58. The maximum Gasteiger partial charge on any atom is 0.294 e. The van der Waals surface area contributed by atoms with E-state index in [9.17, 15) is 14.4 Å². The van der Waals surface area contributed by atoms with Crippen LogP contribution >= 0.6 is 27.7 Å². The van der Waals surface area contributed by atoms with Gasteiger partial charge >= 0.3 is 0 Å². The highest BCUT2D eigenvalue weighted by Gasteiger charge is 2.36. The highest BCUT2D eigenvalue weighted by Crippen LogP contribution is 2.39. The minimum Gasteiger partial charge on any atom is -0.454 e. The summed E-state index contributed by atoms with van der Waals surface area (Å²) in [5.41, 5.74) is 0.671. The average Bonchev–Trinajstić information content (AvgIpc) is 3.15. The van der Waals surface area contributed by atoms with Gasteiger partial charge < -0.3 is 19.5 Å². The van der Waals surface area contributed by atoms with Crippen LogP contribution in [0.15, 0.2) is 21.5 Å². The molecule has 0 aliphatic carbocycles. The van der Waals surface area contributed by atoms with Crippen LogP contribution in [0.2, 0.25) is 0 Å². The van der Waals surface area contributed by atoms with E-state index in [0.717, 1.165) is 16.7 Å². The van der Waals surface area contributed by atoms with Crippen molar-refractivity contribution in [2.75, 3.05) is 33.6 Å². The van der Waals surface area contributed by atoms with Crippen LogP contribution in [0, 0.1) is 0 Å². The highest BCUT2D eigenvalue weighted by atomic mass is 79.9. The Morgan fingerprint density at radius 3 is 2.85 bits per heavy atom. The molecule has 1 saturated heterocycles. The first-order chi connectivity index (χ1) is 12.5. The maximum absolute atomic E-state index is 12.5. The molecule has 3 rings (SSSR count). The molecule has 0 atom stereocenters. The van der Waals surface area contributed by atoms with Crippen LogP contribution in [-0.2, 0) is 14.3 Å². The molecule has 10 heteroatoms. The van der Waals surface area contributed by atoms with Gasteiger partial charge in [-0.2, -0.15) is 0 Å². The zero-order chi connectivity index (χ0) is 18.7. The van der Waals surface area contributed by atoms with Crippen LogP contribution < -0.4 is 14.8 Å². The summed E-state index contributed by atoms with van der Waals surface area (Å²) in [5, 5.41) is 2.09. The molecule has 1 N–H and O–H groups in total. The Labute approximate surface area is 162 Å². The first kappa shape index (κ1) is 18.7. The summed E-state index contributed by atoms with van der Waals surface area (Å²) in [7, 11) is 1.52. The number of carbonyl (C=O) groups excluding carboxylic acids is 3. The number of halogens is 1. The van der Waals surface area contributed by atoms with Crippen LogP contribution in [0.3, 0.4) is 0 Å². The number of hydrogen-bond acceptors (Lipinski definition) is 7. The smallest absolute Gasteiger partial charge is 0.294 e. The normalized spacial score (nSPS) is 17.3. The second-order valence-electron chi connectivity index (χ2n) is 5.34. The van der Waals surface area contributed by atoms with Crippen molar-refractivity contribution in [1.82, 2.24) is 10.2 Å². The number of methoxy groups -OCH3 is 1. The van der Waals surface area contributed by atoms with Gasteiger partial charge in [0.25, 0.3) is 11.1 Å². The molecular weight excluding hydrogens is 428 g/mol. The van der Waals surface area contributed by atoms with Crippen molar-refractivity contribution in [3.8, 4) is 11.5 Å². The summed E-state index contributed by atoms with van der Waals surface area (Å²) in [4.78, 5) is 37.5. The molecule has 0 aromatic heterocycles. The number of amides is 3. The van der Waals surface area contributed by atoms with E-state index < -0.39 is 17.1 Å². The van der Waals surface area contributed by atoms with Crippen LogP contribution in [0.25, 0.3) is 6.08 Å². The third kappa shape index (κ3) is 4.02. The summed E-state index contributed by atoms with van der Waals surface area (Å²) < 4.78 is 16.1. The lowest BCUT2D eigenvalue weighted by molar-refractivity contribution is -0.129. The fraction of sp³-hybridized carbons (Fsp3) is 0.312. The molecule has 0 bridgehead atoms. The number of nitrogens with zero attached hydrogens (tertiary/aromatic N) is 1. The molecule has 3 amide bonds. The van der Waals surface area contributed by atoms with E-state index in [4.69, 9.17) is 14.2 Å². The van der Waals surface area contributed by atoms with Crippen LogP contribution in [-0.4, -0.2) is 55.6 Å². The van der Waals surface area contributed by atoms with Gasteiger partial charge in [-0.3, -0.25) is 19.3 Å². The zero-order valence-electron chi connectivity index (χ0n) is 13.7. The fourth-order valence-electron chi connectivity index (χ4n) is 2.31. The largest absolute Gasteiger partial charge is 0.454 e. The second-order valence-corrected chi connectivity index (χ2v) is 7.19. The molecule has 1 fully saturated rings. The van der Waals surface area contributed by atoms with Gasteiger partial charge in [0, 0.05) is 18.1 Å². The Balaban J connectivity index is 1.72. The van der Waals surface area contributed by atoms with Gasteiger partial charge in [-0.1, -0.05) is 15.9 Å². The van der Waals surface area contributed by atoms with E-state index in [1.807, 2.05) is 0 Å². The number of thioether (sulfide) groups is 1. The van der Waals surface area contributed by atoms with Crippen LogP contribution in [0.1, 0.15) is 5.56 Å². The number of carbonyl (C=O) groups is 3. The number of rotatable bonds is 6. The second kappa shape index (κ2) is 8.11. The molecule has 1 aromatic rings. The van der Waals surface area contributed by atoms with Gasteiger partial charge in [0.15, 0.2) is 11.5 Å². The number of imide groups is 1. The monoisotopic (exact) mass is 442 g/mol. The van der Waals surface area contributed by atoms with E-state index in [1.54, 1.807) is 18.2 Å². The maximum atomic E-state index is 12.5. The Bertz CT molecular complexity index is 797. The molecule has 1 aromatic carbocycles. The van der Waals surface area contributed by atoms with Gasteiger partial charge in [0.05, 0.1) is 11.5 Å². The molecule has 8 nitrogen and oxygen atoms in total. The van der Waals surface area contributed by atoms with Crippen molar-refractivity contribution in [2.24, 2.45) is 0 Å². The molecule has 2 heterocycles. The first-order valence-corrected chi connectivity index (χ1v) is 9.20. The Kier molecular flexibility index (Phi) is 5.84. The van der Waals surface area contributed by atoms with E-state index in [-0.39, 0.29) is 18.2 Å². The molecule has 0 saturated carbocycles. The Morgan fingerprint density at radius 1 is 1.38 bits per heavy atom. The topological polar surface area (TPSA) is 94.2 Å². The van der Waals surface area contributed by atoms with Crippen molar-refractivity contribution in [1.29, 1.82) is 0 Å².